The van der Waals surface area contributed by atoms with E-state index >= 15 is 0 Å². The van der Waals surface area contributed by atoms with E-state index in [4.69, 9.17) is 0 Å². The topological polar surface area (TPSA) is 44.3 Å². The lowest BCUT2D eigenvalue weighted by Gasteiger charge is -2.33. The summed E-state index contributed by atoms with van der Waals surface area (Å²) in [4.78, 5) is 13.3. The average molecular weight is 348 g/mol. The van der Waals surface area contributed by atoms with E-state index in [0.717, 1.165) is 48.0 Å². The van der Waals surface area contributed by atoms with Crippen LogP contribution in [0.3, 0.4) is 0 Å². The molecule has 1 aromatic carbocycles. The Morgan fingerprint density at radius 1 is 1.10 bits per heavy atom. The van der Waals surface area contributed by atoms with Gasteiger partial charge in [0.2, 0.25) is 0 Å². The molecular formula is C15H18BrN5. The molecule has 5 nitrogen and oxygen atoms in total. The molecule has 1 aromatic heterocycles. The molecule has 1 N–H and O–H groups in total. The standard InChI is InChI=1S/C15H18BrN5/c1-20-6-8-21(9-7-20)15-10-14(17-11-18-15)19-13-5-3-2-4-12(13)16/h2-5,10-11H,6-9H2,1H3,(H,17,18,19). The zero-order valence-electron chi connectivity index (χ0n) is 12.0. The first-order valence-electron chi connectivity index (χ1n) is 6.99. The molecule has 0 aliphatic carbocycles. The number of anilines is 3. The van der Waals surface area contributed by atoms with Crippen molar-refractivity contribution in [2.75, 3.05) is 43.4 Å². The number of nitrogens with zero attached hydrogens (tertiary/aromatic N) is 4. The van der Waals surface area contributed by atoms with Crippen molar-refractivity contribution in [2.24, 2.45) is 0 Å². The lowest BCUT2D eigenvalue weighted by atomic mass is 10.3. The van der Waals surface area contributed by atoms with Gasteiger partial charge in [0.05, 0.1) is 5.69 Å². The van der Waals surface area contributed by atoms with Crippen LogP contribution < -0.4 is 10.2 Å². The molecule has 0 atom stereocenters. The Bertz CT molecular complexity index is 611. The predicted molar refractivity (Wildman–Crippen MR) is 89.2 cm³/mol. The smallest absolute Gasteiger partial charge is 0.135 e. The number of benzene rings is 1. The van der Waals surface area contributed by atoms with Gasteiger partial charge in [-0.3, -0.25) is 0 Å². The normalized spacial score (nSPS) is 16.0. The number of aromatic nitrogens is 2. The summed E-state index contributed by atoms with van der Waals surface area (Å²) in [6.07, 6.45) is 1.62. The van der Waals surface area contributed by atoms with Crippen LogP contribution in [0, 0.1) is 0 Å². The molecule has 0 radical (unpaired) electrons. The molecule has 1 aliphatic heterocycles. The van der Waals surface area contributed by atoms with E-state index < -0.39 is 0 Å². The largest absolute Gasteiger partial charge is 0.354 e. The third-order valence-corrected chi connectivity index (χ3v) is 4.31. The van der Waals surface area contributed by atoms with Crippen LogP contribution in [-0.2, 0) is 0 Å². The molecular weight excluding hydrogens is 330 g/mol. The quantitative estimate of drug-likeness (QED) is 0.924. The highest BCUT2D eigenvalue weighted by Gasteiger charge is 2.15. The first-order chi connectivity index (χ1) is 10.2. The Morgan fingerprint density at radius 3 is 2.62 bits per heavy atom. The molecule has 21 heavy (non-hydrogen) atoms. The molecule has 3 rings (SSSR count). The molecule has 1 fully saturated rings. The van der Waals surface area contributed by atoms with Crippen molar-refractivity contribution in [1.82, 2.24) is 14.9 Å². The Balaban J connectivity index is 1.76. The van der Waals surface area contributed by atoms with Gasteiger partial charge in [0, 0.05) is 36.7 Å². The number of likely N-dealkylation sites (N-methyl/N-ethyl adjacent to an activating group) is 1. The molecule has 1 aliphatic rings. The van der Waals surface area contributed by atoms with Crippen LogP contribution in [0.2, 0.25) is 0 Å². The zero-order chi connectivity index (χ0) is 14.7. The summed E-state index contributed by atoms with van der Waals surface area (Å²) in [6, 6.07) is 10.0. The lowest BCUT2D eigenvalue weighted by Crippen LogP contribution is -2.44. The van der Waals surface area contributed by atoms with Crippen LogP contribution >= 0.6 is 15.9 Å². The predicted octanol–water partition coefficient (Wildman–Crippen LogP) is 2.73. The van der Waals surface area contributed by atoms with Crippen LogP contribution in [0.25, 0.3) is 0 Å². The van der Waals surface area contributed by atoms with E-state index in [1.165, 1.54) is 0 Å². The summed E-state index contributed by atoms with van der Waals surface area (Å²) >= 11 is 3.53. The Morgan fingerprint density at radius 2 is 1.86 bits per heavy atom. The summed E-state index contributed by atoms with van der Waals surface area (Å²) in [5.41, 5.74) is 1.00. The minimum Gasteiger partial charge on any atom is -0.354 e. The average Bonchev–Trinajstić information content (AvgIpc) is 2.51. The van der Waals surface area contributed by atoms with Crippen molar-refractivity contribution in [1.29, 1.82) is 0 Å². The number of hydrogen-bond donors (Lipinski definition) is 1. The molecule has 0 amide bonds. The number of hydrogen-bond acceptors (Lipinski definition) is 5. The van der Waals surface area contributed by atoms with Gasteiger partial charge in [-0.05, 0) is 35.1 Å². The van der Waals surface area contributed by atoms with Crippen LogP contribution in [0.5, 0.6) is 0 Å². The van der Waals surface area contributed by atoms with E-state index in [0.29, 0.717) is 0 Å². The van der Waals surface area contributed by atoms with Gasteiger partial charge in [0.1, 0.15) is 18.0 Å². The van der Waals surface area contributed by atoms with Gasteiger partial charge >= 0.3 is 0 Å². The monoisotopic (exact) mass is 347 g/mol. The van der Waals surface area contributed by atoms with Crippen LogP contribution in [0.1, 0.15) is 0 Å². The number of nitrogens with one attached hydrogen (secondary N) is 1. The van der Waals surface area contributed by atoms with E-state index in [9.17, 15) is 0 Å². The van der Waals surface area contributed by atoms with E-state index in [-0.39, 0.29) is 0 Å². The number of piperazine rings is 1. The fourth-order valence-corrected chi connectivity index (χ4v) is 2.71. The summed E-state index contributed by atoms with van der Waals surface area (Å²) < 4.78 is 1.02. The van der Waals surface area contributed by atoms with Crippen LogP contribution in [-0.4, -0.2) is 48.1 Å². The summed E-state index contributed by atoms with van der Waals surface area (Å²) in [7, 11) is 2.15. The molecule has 2 heterocycles. The van der Waals surface area contributed by atoms with Gasteiger partial charge in [0.15, 0.2) is 0 Å². The van der Waals surface area contributed by atoms with E-state index in [1.807, 2.05) is 30.3 Å². The zero-order valence-corrected chi connectivity index (χ0v) is 13.5. The fourth-order valence-electron chi connectivity index (χ4n) is 2.32. The minimum absolute atomic E-state index is 0.811. The SMILES string of the molecule is CN1CCN(c2cc(Nc3ccccc3Br)ncn2)CC1. The van der Waals surface area contributed by atoms with Gasteiger partial charge in [-0.1, -0.05) is 12.1 Å². The number of rotatable bonds is 3. The second kappa shape index (κ2) is 6.41. The summed E-state index contributed by atoms with van der Waals surface area (Å²) in [6.45, 7) is 4.14. The first kappa shape index (κ1) is 14.3. The lowest BCUT2D eigenvalue weighted by molar-refractivity contribution is 0.312. The summed E-state index contributed by atoms with van der Waals surface area (Å²) in [5.74, 6) is 1.79. The molecule has 0 saturated carbocycles. The van der Waals surface area contributed by atoms with E-state index in [2.05, 4.69) is 48.1 Å². The van der Waals surface area contributed by atoms with Gasteiger partial charge in [-0.15, -0.1) is 0 Å². The molecule has 0 spiro atoms. The van der Waals surface area contributed by atoms with E-state index in [1.54, 1.807) is 6.33 Å². The molecule has 2 aromatic rings. The Kier molecular flexibility index (Phi) is 4.36. The first-order valence-corrected chi connectivity index (χ1v) is 7.79. The van der Waals surface area contributed by atoms with Crippen molar-refractivity contribution in [3.8, 4) is 0 Å². The Hall–Kier alpha value is -1.66. The molecule has 110 valence electrons. The van der Waals surface area contributed by atoms with Gasteiger partial charge in [-0.25, -0.2) is 9.97 Å². The third-order valence-electron chi connectivity index (χ3n) is 3.62. The van der Waals surface area contributed by atoms with Gasteiger partial charge in [0.25, 0.3) is 0 Å². The van der Waals surface area contributed by atoms with Crippen molar-refractivity contribution in [3.63, 3.8) is 0 Å². The van der Waals surface area contributed by atoms with Crippen molar-refractivity contribution in [3.05, 3.63) is 41.1 Å². The highest BCUT2D eigenvalue weighted by Crippen LogP contribution is 2.25. The maximum atomic E-state index is 4.40. The molecule has 0 bridgehead atoms. The molecule has 6 heteroatoms. The number of halogens is 1. The second-order valence-electron chi connectivity index (χ2n) is 5.16. The van der Waals surface area contributed by atoms with Gasteiger partial charge < -0.3 is 15.1 Å². The molecule has 0 unspecified atom stereocenters. The van der Waals surface area contributed by atoms with Crippen molar-refractivity contribution < 1.29 is 0 Å². The minimum atomic E-state index is 0.811. The van der Waals surface area contributed by atoms with Crippen LogP contribution in [0.4, 0.5) is 17.3 Å². The number of para-hydroxylation sites is 1. The maximum absolute atomic E-state index is 4.40. The van der Waals surface area contributed by atoms with Crippen molar-refractivity contribution >= 4 is 33.3 Å². The Labute approximate surface area is 133 Å². The van der Waals surface area contributed by atoms with Crippen LogP contribution in [0.15, 0.2) is 41.1 Å². The third kappa shape index (κ3) is 3.51. The molecule has 1 saturated heterocycles. The highest BCUT2D eigenvalue weighted by atomic mass is 79.9. The maximum Gasteiger partial charge on any atom is 0.135 e. The van der Waals surface area contributed by atoms with Crippen molar-refractivity contribution in [2.45, 2.75) is 0 Å². The summed E-state index contributed by atoms with van der Waals surface area (Å²) in [5, 5.41) is 3.33. The second-order valence-corrected chi connectivity index (χ2v) is 6.01. The highest BCUT2D eigenvalue weighted by molar-refractivity contribution is 9.10. The fraction of sp³-hybridized carbons (Fsp3) is 0.333. The van der Waals surface area contributed by atoms with Gasteiger partial charge in [-0.2, -0.15) is 0 Å².